The predicted octanol–water partition coefficient (Wildman–Crippen LogP) is 3.72. The summed E-state index contributed by atoms with van der Waals surface area (Å²) in [7, 11) is 0. The first-order valence-corrected chi connectivity index (χ1v) is 9.74. The summed E-state index contributed by atoms with van der Waals surface area (Å²) in [5, 5.41) is 7.41. The molecule has 1 aromatic carbocycles. The minimum Gasteiger partial charge on any atom is -0.349 e. The smallest absolute Gasteiger partial charge is 0.263 e. The van der Waals surface area contributed by atoms with Gasteiger partial charge >= 0.3 is 0 Å². The van der Waals surface area contributed by atoms with Gasteiger partial charge in [0.05, 0.1) is 0 Å². The molecular formula is C20H26N4O2. The molecule has 4 rings (SSSR count). The quantitative estimate of drug-likeness (QED) is 0.906. The number of amides is 1. The summed E-state index contributed by atoms with van der Waals surface area (Å²) in [5.74, 6) is 1.63. The van der Waals surface area contributed by atoms with Gasteiger partial charge in [-0.15, -0.1) is 0 Å². The highest BCUT2D eigenvalue weighted by molar-refractivity contribution is 5.79. The molecule has 0 radical (unpaired) electrons. The summed E-state index contributed by atoms with van der Waals surface area (Å²) in [6, 6.07) is 10.1. The van der Waals surface area contributed by atoms with Crippen LogP contribution in [0.25, 0.3) is 11.5 Å². The first kappa shape index (κ1) is 17.1. The van der Waals surface area contributed by atoms with E-state index in [9.17, 15) is 4.79 Å². The Morgan fingerprint density at radius 2 is 1.77 bits per heavy atom. The number of piperidine rings is 1. The van der Waals surface area contributed by atoms with Crippen LogP contribution in [0.4, 0.5) is 5.95 Å². The predicted molar refractivity (Wildman–Crippen MR) is 99.5 cm³/mol. The van der Waals surface area contributed by atoms with E-state index in [1.54, 1.807) is 0 Å². The molecule has 0 unspecified atom stereocenters. The molecule has 6 nitrogen and oxygen atoms in total. The second-order valence-corrected chi connectivity index (χ2v) is 7.37. The molecule has 1 saturated heterocycles. The van der Waals surface area contributed by atoms with Crippen LogP contribution in [0, 0.1) is 5.92 Å². The Labute approximate surface area is 154 Å². The normalized spacial score (nSPS) is 23.6. The number of benzene rings is 1. The van der Waals surface area contributed by atoms with Gasteiger partial charge in [0.2, 0.25) is 5.91 Å². The molecule has 1 aliphatic carbocycles. The molecule has 2 heterocycles. The highest BCUT2D eigenvalue weighted by atomic mass is 16.5. The average Bonchev–Trinajstić information content (AvgIpc) is 3.18. The summed E-state index contributed by atoms with van der Waals surface area (Å²) in [6.45, 7) is 1.89. The lowest BCUT2D eigenvalue weighted by Gasteiger charge is -2.34. The van der Waals surface area contributed by atoms with E-state index in [-0.39, 0.29) is 5.92 Å². The molecule has 1 aliphatic heterocycles. The summed E-state index contributed by atoms with van der Waals surface area (Å²) in [4.78, 5) is 19.2. The largest absolute Gasteiger partial charge is 0.349 e. The van der Waals surface area contributed by atoms with Crippen molar-refractivity contribution in [3.8, 4) is 11.5 Å². The Hall–Kier alpha value is -2.37. The number of carbonyl (C=O) groups is 1. The molecule has 1 amide bonds. The second kappa shape index (κ2) is 7.89. The third kappa shape index (κ3) is 3.89. The molecular weight excluding hydrogens is 328 g/mol. The first-order chi connectivity index (χ1) is 12.8. The van der Waals surface area contributed by atoms with Crippen molar-refractivity contribution >= 4 is 11.9 Å². The zero-order valence-electron chi connectivity index (χ0n) is 15.1. The van der Waals surface area contributed by atoms with Crippen LogP contribution in [0.5, 0.6) is 0 Å². The zero-order valence-corrected chi connectivity index (χ0v) is 15.1. The lowest BCUT2D eigenvalue weighted by Crippen LogP contribution is -2.41. The van der Waals surface area contributed by atoms with E-state index < -0.39 is 0 Å². The number of nitrogens with one attached hydrogen (secondary N) is 1. The molecule has 138 valence electrons. The van der Waals surface area contributed by atoms with Gasteiger partial charge in [-0.25, -0.2) is 0 Å². The van der Waals surface area contributed by atoms with Crippen molar-refractivity contribution in [3.63, 3.8) is 0 Å². The monoisotopic (exact) mass is 354 g/mol. The van der Waals surface area contributed by atoms with Crippen LogP contribution in [0.1, 0.15) is 44.9 Å². The summed E-state index contributed by atoms with van der Waals surface area (Å²) < 4.78 is 5.35. The summed E-state index contributed by atoms with van der Waals surface area (Å²) in [6.07, 6.45) is 7.40. The standard InChI is InChI=1S/C20H26N4O2/c25-19(24-13-5-2-6-14-24)16-9-11-17(12-10-16)21-20-22-18(26-23-20)15-7-3-1-4-8-15/h1,3-4,7-8,16-17H,2,5-6,9-14H2,(H,21,23). The van der Waals surface area contributed by atoms with Crippen LogP contribution in [0.2, 0.25) is 0 Å². The molecule has 6 heteroatoms. The van der Waals surface area contributed by atoms with Gasteiger partial charge in [0, 0.05) is 30.6 Å². The van der Waals surface area contributed by atoms with Gasteiger partial charge in [0.1, 0.15) is 0 Å². The number of anilines is 1. The highest BCUT2D eigenvalue weighted by Gasteiger charge is 2.30. The Balaban J connectivity index is 1.29. The van der Waals surface area contributed by atoms with E-state index in [2.05, 4.69) is 20.4 Å². The molecule has 2 fully saturated rings. The van der Waals surface area contributed by atoms with Crippen LogP contribution in [0.15, 0.2) is 34.9 Å². The van der Waals surface area contributed by atoms with Crippen LogP contribution in [0.3, 0.4) is 0 Å². The molecule has 1 N–H and O–H groups in total. The number of carbonyl (C=O) groups excluding carboxylic acids is 1. The Morgan fingerprint density at radius 1 is 1.04 bits per heavy atom. The number of hydrogen-bond donors (Lipinski definition) is 1. The van der Waals surface area contributed by atoms with Crippen molar-refractivity contribution in [3.05, 3.63) is 30.3 Å². The highest BCUT2D eigenvalue weighted by Crippen LogP contribution is 2.29. The number of nitrogens with zero attached hydrogens (tertiary/aromatic N) is 3. The van der Waals surface area contributed by atoms with Crippen molar-refractivity contribution < 1.29 is 9.32 Å². The van der Waals surface area contributed by atoms with Crippen molar-refractivity contribution in [2.75, 3.05) is 18.4 Å². The van der Waals surface area contributed by atoms with Gasteiger partial charge in [-0.1, -0.05) is 18.2 Å². The molecule has 1 saturated carbocycles. The number of aromatic nitrogens is 2. The minimum atomic E-state index is 0.191. The molecule has 0 atom stereocenters. The van der Waals surface area contributed by atoms with Crippen LogP contribution >= 0.6 is 0 Å². The van der Waals surface area contributed by atoms with E-state index in [0.717, 1.165) is 57.2 Å². The van der Waals surface area contributed by atoms with Gasteiger partial charge in [-0.05, 0) is 62.2 Å². The lowest BCUT2D eigenvalue weighted by atomic mass is 9.85. The molecule has 2 aliphatic rings. The van der Waals surface area contributed by atoms with E-state index >= 15 is 0 Å². The molecule has 26 heavy (non-hydrogen) atoms. The third-order valence-corrected chi connectivity index (χ3v) is 5.52. The first-order valence-electron chi connectivity index (χ1n) is 9.74. The maximum Gasteiger partial charge on any atom is 0.263 e. The maximum atomic E-state index is 12.6. The van der Waals surface area contributed by atoms with E-state index in [4.69, 9.17) is 4.52 Å². The van der Waals surface area contributed by atoms with Crippen molar-refractivity contribution in [2.45, 2.75) is 51.0 Å². The van der Waals surface area contributed by atoms with Gasteiger partial charge in [-0.2, -0.15) is 4.98 Å². The van der Waals surface area contributed by atoms with Gasteiger partial charge in [0.25, 0.3) is 11.8 Å². The van der Waals surface area contributed by atoms with Gasteiger partial charge in [0.15, 0.2) is 0 Å². The summed E-state index contributed by atoms with van der Waals surface area (Å²) in [5.41, 5.74) is 0.920. The lowest BCUT2D eigenvalue weighted by molar-refractivity contribution is -0.137. The number of likely N-dealkylation sites (tertiary alicyclic amines) is 1. The van der Waals surface area contributed by atoms with Crippen LogP contribution in [-0.4, -0.2) is 40.1 Å². The van der Waals surface area contributed by atoms with Gasteiger partial charge < -0.3 is 14.7 Å². The van der Waals surface area contributed by atoms with Crippen LogP contribution < -0.4 is 5.32 Å². The van der Waals surface area contributed by atoms with E-state index in [1.165, 1.54) is 6.42 Å². The summed E-state index contributed by atoms with van der Waals surface area (Å²) >= 11 is 0. The topological polar surface area (TPSA) is 71.3 Å². The van der Waals surface area contributed by atoms with E-state index in [0.29, 0.717) is 23.8 Å². The molecule has 0 spiro atoms. The van der Waals surface area contributed by atoms with Crippen molar-refractivity contribution in [1.29, 1.82) is 0 Å². The zero-order chi connectivity index (χ0) is 17.8. The van der Waals surface area contributed by atoms with Gasteiger partial charge in [-0.3, -0.25) is 4.79 Å². The fourth-order valence-electron chi connectivity index (χ4n) is 4.02. The van der Waals surface area contributed by atoms with Crippen molar-refractivity contribution in [2.24, 2.45) is 5.92 Å². The van der Waals surface area contributed by atoms with E-state index in [1.807, 2.05) is 30.3 Å². The maximum absolute atomic E-state index is 12.6. The average molecular weight is 354 g/mol. The number of hydrogen-bond acceptors (Lipinski definition) is 5. The Kier molecular flexibility index (Phi) is 5.18. The van der Waals surface area contributed by atoms with Crippen molar-refractivity contribution in [1.82, 2.24) is 15.0 Å². The molecule has 1 aromatic heterocycles. The minimum absolute atomic E-state index is 0.191. The Morgan fingerprint density at radius 3 is 2.50 bits per heavy atom. The fourth-order valence-corrected chi connectivity index (χ4v) is 4.02. The molecule has 0 bridgehead atoms. The fraction of sp³-hybridized carbons (Fsp3) is 0.550. The third-order valence-electron chi connectivity index (χ3n) is 5.52. The molecule has 2 aromatic rings. The second-order valence-electron chi connectivity index (χ2n) is 7.37. The SMILES string of the molecule is O=C(C1CCC(Nc2noc(-c3ccccc3)n2)CC1)N1CCCCC1. The number of rotatable bonds is 4. The van der Waals surface area contributed by atoms with Crippen LogP contribution in [-0.2, 0) is 4.79 Å². The Bertz CT molecular complexity index is 716.